The lowest BCUT2D eigenvalue weighted by Crippen LogP contribution is -2.42. The Kier molecular flexibility index (Phi) is 4.90. The fourth-order valence-corrected chi connectivity index (χ4v) is 2.74. The van der Waals surface area contributed by atoms with Crippen LogP contribution in [0.4, 0.5) is 0 Å². The SMILES string of the molecule is CCCn1cc(S(=O)(=O)NC(C)C(N)=NO)nc1C. The van der Waals surface area contributed by atoms with Gasteiger partial charge < -0.3 is 15.5 Å². The molecule has 0 aliphatic carbocycles. The average Bonchev–Trinajstić information content (AvgIpc) is 2.71. The van der Waals surface area contributed by atoms with Crippen LogP contribution in [0.1, 0.15) is 26.1 Å². The molecule has 4 N–H and O–H groups in total. The van der Waals surface area contributed by atoms with E-state index in [0.29, 0.717) is 12.4 Å². The number of oxime groups is 1. The molecule has 1 heterocycles. The first-order valence-corrected chi connectivity index (χ1v) is 7.33. The monoisotopic (exact) mass is 289 g/mol. The van der Waals surface area contributed by atoms with E-state index in [1.54, 1.807) is 11.5 Å². The number of aromatic nitrogens is 2. The highest BCUT2D eigenvalue weighted by Gasteiger charge is 2.23. The summed E-state index contributed by atoms with van der Waals surface area (Å²) in [6, 6.07) is -0.813. The second kappa shape index (κ2) is 6.02. The van der Waals surface area contributed by atoms with Crippen LogP contribution in [0, 0.1) is 6.92 Å². The lowest BCUT2D eigenvalue weighted by Gasteiger charge is -2.10. The first kappa shape index (κ1) is 15.4. The Morgan fingerprint density at radius 1 is 1.68 bits per heavy atom. The van der Waals surface area contributed by atoms with Crippen molar-refractivity contribution in [2.45, 2.75) is 44.8 Å². The van der Waals surface area contributed by atoms with Crippen LogP contribution in [0.15, 0.2) is 16.4 Å². The summed E-state index contributed by atoms with van der Waals surface area (Å²) in [5.74, 6) is 0.409. The number of amidine groups is 1. The molecule has 9 heteroatoms. The Labute approximate surface area is 112 Å². The predicted octanol–water partition coefficient (Wildman–Crippen LogP) is 0.0147. The van der Waals surface area contributed by atoms with E-state index in [4.69, 9.17) is 10.9 Å². The highest BCUT2D eigenvalue weighted by atomic mass is 32.2. The van der Waals surface area contributed by atoms with Crippen molar-refractivity contribution in [2.75, 3.05) is 0 Å². The number of aryl methyl sites for hydroxylation is 2. The zero-order valence-corrected chi connectivity index (χ0v) is 12.0. The van der Waals surface area contributed by atoms with Crippen LogP contribution in [0.25, 0.3) is 0 Å². The normalized spacial score (nSPS) is 14.6. The molecular formula is C10H19N5O3S. The van der Waals surface area contributed by atoms with E-state index in [1.807, 2.05) is 6.92 Å². The number of nitrogens with zero attached hydrogens (tertiary/aromatic N) is 3. The van der Waals surface area contributed by atoms with Crippen molar-refractivity contribution in [3.8, 4) is 0 Å². The molecule has 1 atom stereocenters. The second-order valence-corrected chi connectivity index (χ2v) is 5.85. The van der Waals surface area contributed by atoms with E-state index in [2.05, 4.69) is 14.9 Å². The zero-order valence-electron chi connectivity index (χ0n) is 11.2. The van der Waals surface area contributed by atoms with Crippen molar-refractivity contribution in [3.05, 3.63) is 12.0 Å². The Hall–Kier alpha value is -1.61. The molecule has 108 valence electrons. The maximum Gasteiger partial charge on any atom is 0.260 e. The van der Waals surface area contributed by atoms with Crippen LogP contribution < -0.4 is 10.5 Å². The van der Waals surface area contributed by atoms with Gasteiger partial charge in [0.2, 0.25) is 0 Å². The van der Waals surface area contributed by atoms with Crippen LogP contribution in [0.5, 0.6) is 0 Å². The molecule has 0 spiro atoms. The Morgan fingerprint density at radius 2 is 2.32 bits per heavy atom. The van der Waals surface area contributed by atoms with Crippen LogP contribution >= 0.6 is 0 Å². The summed E-state index contributed by atoms with van der Waals surface area (Å²) in [5.41, 5.74) is 5.33. The topological polar surface area (TPSA) is 123 Å². The second-order valence-electron chi connectivity index (χ2n) is 4.19. The number of hydrogen-bond acceptors (Lipinski definition) is 5. The number of hydrogen-bond donors (Lipinski definition) is 3. The number of rotatable bonds is 6. The Bertz CT molecular complexity index is 564. The van der Waals surface area contributed by atoms with Gasteiger partial charge in [0, 0.05) is 12.7 Å². The molecule has 0 aromatic carbocycles. The van der Waals surface area contributed by atoms with Gasteiger partial charge in [-0.1, -0.05) is 12.1 Å². The lowest BCUT2D eigenvalue weighted by atomic mass is 10.3. The predicted molar refractivity (Wildman–Crippen MR) is 70.4 cm³/mol. The van der Waals surface area contributed by atoms with Crippen LogP contribution in [-0.4, -0.2) is 35.1 Å². The molecule has 0 bridgehead atoms. The third kappa shape index (κ3) is 3.67. The molecule has 0 aliphatic rings. The van der Waals surface area contributed by atoms with Crippen molar-refractivity contribution in [1.82, 2.24) is 14.3 Å². The van der Waals surface area contributed by atoms with E-state index in [0.717, 1.165) is 6.42 Å². The molecule has 0 saturated heterocycles. The van der Waals surface area contributed by atoms with Crippen molar-refractivity contribution in [3.63, 3.8) is 0 Å². The molecule has 0 radical (unpaired) electrons. The molecule has 1 unspecified atom stereocenters. The minimum absolute atomic E-state index is 0.0731. The number of nitrogens with two attached hydrogens (primary N) is 1. The minimum Gasteiger partial charge on any atom is -0.409 e. The van der Waals surface area contributed by atoms with Gasteiger partial charge in [0.25, 0.3) is 10.0 Å². The molecule has 1 aromatic rings. The van der Waals surface area contributed by atoms with Crippen LogP contribution in [0.3, 0.4) is 0 Å². The molecule has 1 aromatic heterocycles. The van der Waals surface area contributed by atoms with Crippen molar-refractivity contribution in [1.29, 1.82) is 0 Å². The standard InChI is InChI=1S/C10H19N5O3S/c1-4-5-15-6-9(12-8(15)3)19(17,18)14-7(2)10(11)13-16/h6-7,14,16H,4-5H2,1-3H3,(H2,11,13). The van der Waals surface area contributed by atoms with E-state index in [9.17, 15) is 8.42 Å². The Balaban J connectivity index is 2.98. The molecule has 1 rings (SSSR count). The molecule has 0 aliphatic heterocycles. The van der Waals surface area contributed by atoms with E-state index in [-0.39, 0.29) is 10.9 Å². The van der Waals surface area contributed by atoms with E-state index < -0.39 is 16.1 Å². The summed E-state index contributed by atoms with van der Waals surface area (Å²) in [4.78, 5) is 4.01. The van der Waals surface area contributed by atoms with E-state index >= 15 is 0 Å². The zero-order chi connectivity index (χ0) is 14.6. The highest BCUT2D eigenvalue weighted by molar-refractivity contribution is 7.89. The van der Waals surface area contributed by atoms with Gasteiger partial charge in [-0.05, 0) is 20.3 Å². The average molecular weight is 289 g/mol. The first-order valence-electron chi connectivity index (χ1n) is 5.85. The fourth-order valence-electron chi connectivity index (χ4n) is 1.52. The summed E-state index contributed by atoms with van der Waals surface area (Å²) in [6.45, 7) is 5.90. The van der Waals surface area contributed by atoms with Crippen LogP contribution in [0.2, 0.25) is 0 Å². The van der Waals surface area contributed by atoms with Gasteiger partial charge in [-0.2, -0.15) is 4.72 Å². The van der Waals surface area contributed by atoms with Crippen molar-refractivity contribution >= 4 is 15.9 Å². The summed E-state index contributed by atoms with van der Waals surface area (Å²) < 4.78 is 28.2. The minimum atomic E-state index is -3.79. The van der Waals surface area contributed by atoms with Gasteiger partial charge in [0.05, 0.1) is 6.04 Å². The van der Waals surface area contributed by atoms with Gasteiger partial charge in [0.15, 0.2) is 10.9 Å². The summed E-state index contributed by atoms with van der Waals surface area (Å²) in [5, 5.41) is 11.2. The lowest BCUT2D eigenvalue weighted by molar-refractivity contribution is 0.316. The highest BCUT2D eigenvalue weighted by Crippen LogP contribution is 2.10. The molecule has 8 nitrogen and oxygen atoms in total. The first-order chi connectivity index (χ1) is 8.81. The number of imidazole rings is 1. The van der Waals surface area contributed by atoms with Crippen molar-refractivity contribution in [2.24, 2.45) is 10.9 Å². The fraction of sp³-hybridized carbons (Fsp3) is 0.600. The maximum atomic E-state index is 12.1. The molecule has 19 heavy (non-hydrogen) atoms. The smallest absolute Gasteiger partial charge is 0.260 e. The molecular weight excluding hydrogens is 270 g/mol. The van der Waals surface area contributed by atoms with Gasteiger partial charge in [-0.15, -0.1) is 0 Å². The third-order valence-corrected chi connectivity index (χ3v) is 4.00. The summed E-state index contributed by atoms with van der Waals surface area (Å²) in [7, 11) is -3.79. The Morgan fingerprint density at radius 3 is 2.84 bits per heavy atom. The summed E-state index contributed by atoms with van der Waals surface area (Å²) in [6.07, 6.45) is 2.35. The molecule has 0 saturated carbocycles. The van der Waals surface area contributed by atoms with Gasteiger partial charge in [-0.3, -0.25) is 0 Å². The maximum absolute atomic E-state index is 12.1. The van der Waals surface area contributed by atoms with Gasteiger partial charge >= 0.3 is 0 Å². The van der Waals surface area contributed by atoms with Gasteiger partial charge in [0.1, 0.15) is 5.82 Å². The largest absolute Gasteiger partial charge is 0.409 e. The number of sulfonamides is 1. The molecule has 0 fully saturated rings. The third-order valence-electron chi connectivity index (χ3n) is 2.58. The number of nitrogens with one attached hydrogen (secondary N) is 1. The quantitative estimate of drug-likeness (QED) is 0.295. The van der Waals surface area contributed by atoms with Crippen molar-refractivity contribution < 1.29 is 13.6 Å². The van der Waals surface area contributed by atoms with Crippen LogP contribution in [-0.2, 0) is 16.6 Å². The van der Waals surface area contributed by atoms with Gasteiger partial charge in [-0.25, -0.2) is 13.4 Å². The molecule has 0 amide bonds. The summed E-state index contributed by atoms with van der Waals surface area (Å²) >= 11 is 0. The van der Waals surface area contributed by atoms with E-state index in [1.165, 1.54) is 13.1 Å².